The summed E-state index contributed by atoms with van der Waals surface area (Å²) in [4.78, 5) is 27.7. The Kier molecular flexibility index (Phi) is 6.52. The summed E-state index contributed by atoms with van der Waals surface area (Å²) in [6.45, 7) is 6.00. The molecule has 2 aliphatic heterocycles. The number of ether oxygens (including phenoxy) is 3. The van der Waals surface area contributed by atoms with Crippen molar-refractivity contribution in [1.82, 2.24) is 0 Å². The quantitative estimate of drug-likeness (QED) is 0.315. The van der Waals surface area contributed by atoms with E-state index in [1.54, 1.807) is 6.92 Å². The first kappa shape index (κ1) is 21.0. The fraction of sp³-hybridized carbons (Fsp3) is 0.895. The van der Waals surface area contributed by atoms with Crippen LogP contribution in [0.15, 0.2) is 0 Å². The van der Waals surface area contributed by atoms with Gasteiger partial charge >= 0.3 is 5.97 Å². The number of thiol groups is 1. The number of esters is 1. The van der Waals surface area contributed by atoms with Crippen molar-refractivity contribution in [3.05, 3.63) is 0 Å². The first-order valence-corrected chi connectivity index (χ1v) is 10.3. The summed E-state index contributed by atoms with van der Waals surface area (Å²) in [6.07, 6.45) is 2.25. The van der Waals surface area contributed by atoms with Crippen molar-refractivity contribution in [2.75, 3.05) is 0 Å². The van der Waals surface area contributed by atoms with Gasteiger partial charge in [0.1, 0.15) is 0 Å². The molecule has 3 rings (SSSR count). The van der Waals surface area contributed by atoms with Gasteiger partial charge < -0.3 is 14.2 Å². The molecule has 0 aromatic rings. The van der Waals surface area contributed by atoms with E-state index in [1.807, 2.05) is 6.92 Å². The predicted molar refractivity (Wildman–Crippen MR) is 98.4 cm³/mol. The molecule has 8 heteroatoms. The van der Waals surface area contributed by atoms with Gasteiger partial charge in [-0.15, -0.1) is 12.6 Å². The molecule has 0 bridgehead atoms. The number of hydrogen-bond donors (Lipinski definition) is 2. The van der Waals surface area contributed by atoms with Crippen molar-refractivity contribution >= 4 is 23.7 Å². The number of carbonyl (C=O) groups excluding carboxylic acids is 2. The summed E-state index contributed by atoms with van der Waals surface area (Å²) in [6, 6.07) is 0. The maximum atomic E-state index is 12.1. The Labute approximate surface area is 165 Å². The minimum absolute atomic E-state index is 0.0222. The van der Waals surface area contributed by atoms with E-state index >= 15 is 0 Å². The zero-order chi connectivity index (χ0) is 19.8. The van der Waals surface area contributed by atoms with Gasteiger partial charge in [-0.2, -0.15) is 0 Å². The van der Waals surface area contributed by atoms with Gasteiger partial charge in [-0.05, 0) is 37.5 Å². The van der Waals surface area contributed by atoms with Crippen LogP contribution in [0, 0.1) is 29.6 Å². The van der Waals surface area contributed by atoms with Crippen molar-refractivity contribution in [3.63, 3.8) is 0 Å². The van der Waals surface area contributed by atoms with E-state index in [1.165, 1.54) is 0 Å². The fourth-order valence-corrected chi connectivity index (χ4v) is 5.15. The van der Waals surface area contributed by atoms with Gasteiger partial charge in [-0.25, -0.2) is 10.1 Å². The van der Waals surface area contributed by atoms with Crippen molar-refractivity contribution in [1.29, 1.82) is 0 Å². The molecule has 2 saturated heterocycles. The van der Waals surface area contributed by atoms with E-state index in [-0.39, 0.29) is 29.8 Å². The van der Waals surface area contributed by atoms with E-state index in [2.05, 4.69) is 24.4 Å². The number of hydrogen-bond acceptors (Lipinski definition) is 7. The van der Waals surface area contributed by atoms with Crippen LogP contribution in [-0.4, -0.2) is 34.7 Å². The molecule has 8 atom stereocenters. The number of carbonyl (C=O) groups is 2. The Hall–Kier alpha value is -0.670. The molecule has 4 unspecified atom stereocenters. The van der Waals surface area contributed by atoms with Gasteiger partial charge in [-0.1, -0.05) is 20.3 Å². The van der Waals surface area contributed by atoms with Crippen molar-refractivity contribution in [3.8, 4) is 0 Å². The van der Waals surface area contributed by atoms with Gasteiger partial charge in [0.15, 0.2) is 11.4 Å². The maximum absolute atomic E-state index is 12.1. The van der Waals surface area contributed by atoms with Gasteiger partial charge in [0.25, 0.3) is 0 Å². The average Bonchev–Trinajstić information content (AvgIpc) is 2.77. The van der Waals surface area contributed by atoms with Crippen molar-refractivity contribution in [2.45, 2.75) is 77.7 Å². The molecule has 1 aliphatic carbocycles. The molecule has 3 fully saturated rings. The molecule has 1 N–H and O–H groups in total. The second-order valence-corrected chi connectivity index (χ2v) is 8.96. The zero-order valence-electron chi connectivity index (χ0n) is 16.1. The lowest BCUT2D eigenvalue weighted by molar-refractivity contribution is -0.442. The predicted octanol–water partition coefficient (Wildman–Crippen LogP) is 3.38. The molecule has 2 heterocycles. The largest absolute Gasteiger partial charge is 0.435 e. The molecule has 154 valence electrons. The minimum Gasteiger partial charge on any atom is -0.435 e. The first-order chi connectivity index (χ1) is 12.7. The topological polar surface area (TPSA) is 91.3 Å². The third-order valence-electron chi connectivity index (χ3n) is 6.64. The van der Waals surface area contributed by atoms with Crippen LogP contribution in [0.25, 0.3) is 0 Å². The zero-order valence-corrected chi connectivity index (χ0v) is 17.0. The summed E-state index contributed by atoms with van der Waals surface area (Å²) < 4.78 is 17.7. The molecular formula is C19H30O7S. The lowest BCUT2D eigenvalue weighted by atomic mass is 9.61. The molecule has 1 saturated carbocycles. The summed E-state index contributed by atoms with van der Waals surface area (Å²) in [5.41, 5.74) is 0. The van der Waals surface area contributed by atoms with Crippen LogP contribution < -0.4 is 0 Å². The highest BCUT2D eigenvalue weighted by Crippen LogP contribution is 2.53. The van der Waals surface area contributed by atoms with Gasteiger partial charge in [0.2, 0.25) is 12.1 Å². The van der Waals surface area contributed by atoms with Crippen LogP contribution in [-0.2, 0) is 28.7 Å². The standard InChI is InChI=1S/C19H30O7S/c1-10-4-5-13-11(2)17(23-14(20)6-7-15(21)27)24-18-16(13)12(10)8-9-19(3,25-18)26-22/h10-13,16-18,22H,4-9H2,1-3H3,(H,21,27)/t10-,11-,12?,13+,16?,17+,18?,19?/m1/s1. The first-order valence-electron chi connectivity index (χ1n) is 9.81. The molecule has 27 heavy (non-hydrogen) atoms. The second-order valence-electron chi connectivity index (χ2n) is 8.46. The molecule has 7 nitrogen and oxygen atoms in total. The van der Waals surface area contributed by atoms with Crippen LogP contribution in [0.2, 0.25) is 0 Å². The van der Waals surface area contributed by atoms with Crippen LogP contribution in [0.4, 0.5) is 0 Å². The highest BCUT2D eigenvalue weighted by molar-refractivity contribution is 7.96. The Bertz CT molecular complexity index is 570. The monoisotopic (exact) mass is 402 g/mol. The molecule has 0 aromatic heterocycles. The van der Waals surface area contributed by atoms with E-state index in [0.29, 0.717) is 24.2 Å². The van der Waals surface area contributed by atoms with Gasteiger partial charge in [0.05, 0.1) is 6.42 Å². The maximum Gasteiger partial charge on any atom is 0.308 e. The smallest absolute Gasteiger partial charge is 0.308 e. The molecule has 0 spiro atoms. The summed E-state index contributed by atoms with van der Waals surface area (Å²) in [7, 11) is 0. The Morgan fingerprint density at radius 2 is 1.93 bits per heavy atom. The molecule has 0 amide bonds. The van der Waals surface area contributed by atoms with E-state index in [4.69, 9.17) is 14.2 Å². The van der Waals surface area contributed by atoms with E-state index in [9.17, 15) is 14.8 Å². The highest BCUT2D eigenvalue weighted by Gasteiger charge is 2.55. The van der Waals surface area contributed by atoms with E-state index < -0.39 is 24.3 Å². The highest BCUT2D eigenvalue weighted by atomic mass is 32.1. The Morgan fingerprint density at radius 1 is 1.19 bits per heavy atom. The lowest BCUT2D eigenvalue weighted by Gasteiger charge is -2.51. The van der Waals surface area contributed by atoms with E-state index in [0.717, 1.165) is 19.3 Å². The SMILES string of the molecule is C[C@H]1[C@@H](OC(=O)CCC(=O)S)OC2OC(C)(OO)CCC3C2[C@H]1CC[C@H]3C. The molecule has 3 aliphatic rings. The van der Waals surface area contributed by atoms with Crippen LogP contribution >= 0.6 is 12.6 Å². The van der Waals surface area contributed by atoms with Gasteiger partial charge in [0, 0.05) is 24.7 Å². The third-order valence-corrected chi connectivity index (χ3v) is 6.87. The van der Waals surface area contributed by atoms with Crippen LogP contribution in [0.1, 0.15) is 59.3 Å². The molecule has 0 aromatic carbocycles. The summed E-state index contributed by atoms with van der Waals surface area (Å²) in [5.74, 6) is -0.172. The average molecular weight is 403 g/mol. The summed E-state index contributed by atoms with van der Waals surface area (Å²) in [5, 5.41) is 9.00. The van der Waals surface area contributed by atoms with Crippen LogP contribution in [0.5, 0.6) is 0 Å². The Morgan fingerprint density at radius 3 is 2.59 bits per heavy atom. The normalized spacial score (nSPS) is 44.1. The third kappa shape index (κ3) is 4.50. The van der Waals surface area contributed by atoms with Crippen molar-refractivity contribution < 1.29 is 33.9 Å². The number of rotatable bonds is 5. The second kappa shape index (κ2) is 8.37. The fourth-order valence-electron chi connectivity index (χ4n) is 5.04. The van der Waals surface area contributed by atoms with Gasteiger partial charge in [-0.3, -0.25) is 9.59 Å². The Balaban J connectivity index is 1.78. The molecular weight excluding hydrogens is 372 g/mol. The van der Waals surface area contributed by atoms with Crippen LogP contribution in [0.3, 0.4) is 0 Å². The lowest BCUT2D eigenvalue weighted by Crippen LogP contribution is -2.54. The molecule has 0 radical (unpaired) electrons. The minimum atomic E-state index is -1.14. The van der Waals surface area contributed by atoms with Crippen molar-refractivity contribution in [2.24, 2.45) is 29.6 Å². The summed E-state index contributed by atoms with van der Waals surface area (Å²) >= 11 is 3.68.